The molecule has 2 fully saturated rings. The SMILES string of the molecule is CC(=O)OC1CC(C)C23CC=C(C)C(CC(C)(O)C12)C3. The van der Waals surface area contributed by atoms with Gasteiger partial charge in [0, 0.05) is 12.8 Å². The molecule has 112 valence electrons. The van der Waals surface area contributed by atoms with Crippen LogP contribution in [0, 0.1) is 23.2 Å². The molecule has 6 unspecified atom stereocenters. The van der Waals surface area contributed by atoms with Crippen molar-refractivity contribution >= 4 is 5.97 Å². The van der Waals surface area contributed by atoms with E-state index in [2.05, 4.69) is 19.9 Å². The molecule has 0 aromatic heterocycles. The van der Waals surface area contributed by atoms with Crippen LogP contribution in [0.3, 0.4) is 0 Å². The lowest BCUT2D eigenvalue weighted by atomic mass is 9.51. The Balaban J connectivity index is 2.02. The van der Waals surface area contributed by atoms with E-state index in [1.54, 1.807) is 0 Å². The van der Waals surface area contributed by atoms with Gasteiger partial charge in [0.1, 0.15) is 6.10 Å². The van der Waals surface area contributed by atoms with Crippen LogP contribution in [0.1, 0.15) is 53.4 Å². The van der Waals surface area contributed by atoms with Crippen molar-refractivity contribution in [1.82, 2.24) is 0 Å². The molecule has 3 rings (SSSR count). The number of aliphatic hydroxyl groups is 1. The lowest BCUT2D eigenvalue weighted by Crippen LogP contribution is -2.56. The highest BCUT2D eigenvalue weighted by atomic mass is 16.5. The Morgan fingerprint density at radius 1 is 1.45 bits per heavy atom. The zero-order chi connectivity index (χ0) is 14.7. The molecule has 0 amide bonds. The van der Waals surface area contributed by atoms with Crippen LogP contribution in [0.2, 0.25) is 0 Å². The first-order valence-electron chi connectivity index (χ1n) is 7.82. The molecule has 1 N–H and O–H groups in total. The number of rotatable bonds is 1. The van der Waals surface area contributed by atoms with Crippen LogP contribution >= 0.6 is 0 Å². The minimum Gasteiger partial charge on any atom is -0.462 e. The Labute approximate surface area is 121 Å². The van der Waals surface area contributed by atoms with Gasteiger partial charge in [0.05, 0.1) is 5.60 Å². The monoisotopic (exact) mass is 278 g/mol. The molecule has 20 heavy (non-hydrogen) atoms. The maximum Gasteiger partial charge on any atom is 0.302 e. The molecule has 3 aliphatic rings. The van der Waals surface area contributed by atoms with Crippen LogP contribution < -0.4 is 0 Å². The molecule has 0 heterocycles. The highest BCUT2D eigenvalue weighted by Crippen LogP contribution is 2.65. The summed E-state index contributed by atoms with van der Waals surface area (Å²) in [6, 6.07) is 0. The Kier molecular flexibility index (Phi) is 3.06. The summed E-state index contributed by atoms with van der Waals surface area (Å²) in [5.74, 6) is 0.846. The van der Waals surface area contributed by atoms with Gasteiger partial charge in [-0.15, -0.1) is 0 Å². The summed E-state index contributed by atoms with van der Waals surface area (Å²) in [5, 5.41) is 11.0. The zero-order valence-electron chi connectivity index (χ0n) is 13.0. The maximum atomic E-state index is 11.4. The first-order valence-corrected chi connectivity index (χ1v) is 7.82. The first kappa shape index (κ1) is 14.1. The summed E-state index contributed by atoms with van der Waals surface area (Å²) in [4.78, 5) is 11.4. The first-order chi connectivity index (χ1) is 9.26. The quantitative estimate of drug-likeness (QED) is 0.592. The van der Waals surface area contributed by atoms with Crippen LogP contribution in [0.25, 0.3) is 0 Å². The number of carbonyl (C=O) groups excluding carboxylic acids is 1. The third-order valence-corrected chi connectivity index (χ3v) is 6.28. The number of ether oxygens (including phenoxy) is 1. The summed E-state index contributed by atoms with van der Waals surface area (Å²) in [7, 11) is 0. The van der Waals surface area contributed by atoms with Crippen molar-refractivity contribution in [3.63, 3.8) is 0 Å². The minimum absolute atomic E-state index is 0.0782. The molecule has 0 aromatic rings. The average molecular weight is 278 g/mol. The highest BCUT2D eigenvalue weighted by molar-refractivity contribution is 5.66. The molecule has 0 radical (unpaired) electrons. The predicted octanol–water partition coefficient (Wildman–Crippen LogP) is 3.07. The number of esters is 1. The van der Waals surface area contributed by atoms with Crippen molar-refractivity contribution in [2.24, 2.45) is 23.2 Å². The normalized spacial score (nSPS) is 50.4. The lowest BCUT2D eigenvalue weighted by Gasteiger charge is -2.55. The molecule has 0 aliphatic heterocycles. The number of allylic oxidation sites excluding steroid dienone is 2. The molecule has 3 nitrogen and oxygen atoms in total. The summed E-state index contributed by atoms with van der Waals surface area (Å²) in [6.07, 6.45) is 6.10. The average Bonchev–Trinajstić information content (AvgIpc) is 2.57. The fourth-order valence-electron chi connectivity index (χ4n) is 5.48. The molecule has 0 saturated heterocycles. The van der Waals surface area contributed by atoms with Crippen molar-refractivity contribution in [3.05, 3.63) is 11.6 Å². The fraction of sp³-hybridized carbons (Fsp3) is 0.824. The van der Waals surface area contributed by atoms with Crippen molar-refractivity contribution in [2.75, 3.05) is 0 Å². The highest BCUT2D eigenvalue weighted by Gasteiger charge is 2.64. The van der Waals surface area contributed by atoms with E-state index < -0.39 is 5.60 Å². The number of carbonyl (C=O) groups is 1. The molecular formula is C17H26O3. The van der Waals surface area contributed by atoms with Crippen molar-refractivity contribution in [2.45, 2.75) is 65.1 Å². The van der Waals surface area contributed by atoms with Gasteiger partial charge < -0.3 is 9.84 Å². The third-order valence-electron chi connectivity index (χ3n) is 6.28. The second-order valence-corrected chi connectivity index (χ2v) is 7.61. The summed E-state index contributed by atoms with van der Waals surface area (Å²) in [5.41, 5.74) is 0.813. The third kappa shape index (κ3) is 1.86. The fourth-order valence-corrected chi connectivity index (χ4v) is 5.48. The summed E-state index contributed by atoms with van der Waals surface area (Å²) < 4.78 is 5.58. The predicted molar refractivity (Wildman–Crippen MR) is 77.0 cm³/mol. The minimum atomic E-state index is -0.733. The lowest BCUT2D eigenvalue weighted by molar-refractivity contribution is -0.169. The van der Waals surface area contributed by atoms with Crippen LogP contribution in [-0.2, 0) is 9.53 Å². The largest absolute Gasteiger partial charge is 0.462 e. The second kappa shape index (κ2) is 4.33. The van der Waals surface area contributed by atoms with Gasteiger partial charge in [-0.2, -0.15) is 0 Å². The van der Waals surface area contributed by atoms with Gasteiger partial charge in [0.2, 0.25) is 0 Å². The second-order valence-electron chi connectivity index (χ2n) is 7.61. The van der Waals surface area contributed by atoms with Crippen molar-refractivity contribution < 1.29 is 14.6 Å². The van der Waals surface area contributed by atoms with E-state index in [1.165, 1.54) is 12.5 Å². The van der Waals surface area contributed by atoms with E-state index in [0.717, 1.165) is 25.7 Å². The Morgan fingerprint density at radius 2 is 2.15 bits per heavy atom. The molecule has 3 aliphatic carbocycles. The van der Waals surface area contributed by atoms with Gasteiger partial charge in [-0.25, -0.2) is 0 Å². The number of hydrogen-bond donors (Lipinski definition) is 1. The van der Waals surface area contributed by atoms with Crippen LogP contribution in [0.15, 0.2) is 11.6 Å². The zero-order valence-corrected chi connectivity index (χ0v) is 13.0. The van der Waals surface area contributed by atoms with Gasteiger partial charge >= 0.3 is 5.97 Å². The van der Waals surface area contributed by atoms with Crippen molar-refractivity contribution in [1.29, 1.82) is 0 Å². The van der Waals surface area contributed by atoms with Gasteiger partial charge in [-0.05, 0) is 56.8 Å². The van der Waals surface area contributed by atoms with Gasteiger partial charge in [0.15, 0.2) is 0 Å². The van der Waals surface area contributed by atoms with Gasteiger partial charge in [0.25, 0.3) is 0 Å². The molecule has 1 spiro atoms. The van der Waals surface area contributed by atoms with E-state index in [-0.39, 0.29) is 23.4 Å². The molecule has 2 saturated carbocycles. The van der Waals surface area contributed by atoms with Crippen LogP contribution in [0.5, 0.6) is 0 Å². The maximum absolute atomic E-state index is 11.4. The topological polar surface area (TPSA) is 46.5 Å². The van der Waals surface area contributed by atoms with Crippen LogP contribution in [-0.4, -0.2) is 22.8 Å². The molecule has 0 aromatic carbocycles. The smallest absolute Gasteiger partial charge is 0.302 e. The number of hydrogen-bond acceptors (Lipinski definition) is 3. The van der Waals surface area contributed by atoms with Crippen LogP contribution in [0.4, 0.5) is 0 Å². The molecule has 2 bridgehead atoms. The van der Waals surface area contributed by atoms with E-state index in [1.807, 2.05) is 6.92 Å². The Bertz CT molecular complexity index is 465. The van der Waals surface area contributed by atoms with Crippen molar-refractivity contribution in [3.8, 4) is 0 Å². The molecular weight excluding hydrogens is 252 g/mol. The number of fused-ring (bicyclic) bond motifs is 1. The van der Waals surface area contributed by atoms with E-state index in [0.29, 0.717) is 11.8 Å². The van der Waals surface area contributed by atoms with Gasteiger partial charge in [-0.3, -0.25) is 4.79 Å². The molecule has 3 heteroatoms. The standard InChI is InChI=1S/C17H26O3/c1-10-5-6-17-9-13(10)8-16(4,19)15(17)14(7-11(17)2)20-12(3)18/h5,11,13-15,19H,6-9H2,1-4H3. The Morgan fingerprint density at radius 3 is 2.80 bits per heavy atom. The Hall–Kier alpha value is -0.830. The van der Waals surface area contributed by atoms with E-state index >= 15 is 0 Å². The van der Waals surface area contributed by atoms with Gasteiger partial charge in [-0.1, -0.05) is 18.6 Å². The molecule has 6 atom stereocenters. The van der Waals surface area contributed by atoms with E-state index in [4.69, 9.17) is 4.74 Å². The van der Waals surface area contributed by atoms with E-state index in [9.17, 15) is 9.90 Å². The summed E-state index contributed by atoms with van der Waals surface area (Å²) in [6.45, 7) is 7.88. The summed E-state index contributed by atoms with van der Waals surface area (Å²) >= 11 is 0.